The smallest absolute Gasteiger partial charge is 0.269 e. The molecule has 27 heavy (non-hydrogen) atoms. The highest BCUT2D eigenvalue weighted by atomic mass is 16.6. The Labute approximate surface area is 160 Å². The molecule has 0 unspecified atom stereocenters. The van der Waals surface area contributed by atoms with Crippen LogP contribution >= 0.6 is 0 Å². The van der Waals surface area contributed by atoms with Crippen molar-refractivity contribution < 1.29 is 14.8 Å². The first-order chi connectivity index (χ1) is 13.2. The van der Waals surface area contributed by atoms with Crippen LogP contribution in [0.2, 0.25) is 0 Å². The van der Waals surface area contributed by atoms with Crippen molar-refractivity contribution in [1.82, 2.24) is 0 Å². The molecule has 0 atom stereocenters. The van der Waals surface area contributed by atoms with Crippen LogP contribution in [-0.4, -0.2) is 23.2 Å². The zero-order valence-corrected chi connectivity index (χ0v) is 15.5. The number of rotatable bonds is 12. The third-order valence-corrected chi connectivity index (χ3v) is 4.27. The number of nitro benzene ring substituents is 1. The van der Waals surface area contributed by atoms with Gasteiger partial charge >= 0.3 is 0 Å². The molecule has 0 aliphatic carbocycles. The van der Waals surface area contributed by atoms with Gasteiger partial charge in [-0.2, -0.15) is 0 Å². The Kier molecular flexibility index (Phi) is 9.07. The van der Waals surface area contributed by atoms with Gasteiger partial charge in [0.15, 0.2) is 0 Å². The number of unbranched alkanes of at least 4 members (excludes halogenated alkanes) is 5. The van der Waals surface area contributed by atoms with Crippen LogP contribution in [0.5, 0.6) is 5.75 Å². The number of ether oxygens (including phenoxy) is 1. The van der Waals surface area contributed by atoms with Crippen molar-refractivity contribution in [1.29, 1.82) is 0 Å². The Hall–Kier alpha value is -2.66. The number of non-ortho nitro benzene ring substituents is 1. The van der Waals surface area contributed by atoms with Crippen molar-refractivity contribution in [3.05, 3.63) is 69.8 Å². The predicted octanol–water partition coefficient (Wildman–Crippen LogP) is 5.48. The van der Waals surface area contributed by atoms with Crippen molar-refractivity contribution in [3.8, 4) is 5.75 Å². The van der Waals surface area contributed by atoms with E-state index in [0.29, 0.717) is 6.61 Å². The van der Waals surface area contributed by atoms with Gasteiger partial charge in [-0.3, -0.25) is 10.1 Å². The molecule has 5 heteroatoms. The Balaban J connectivity index is 1.70. The number of aliphatic hydroxyl groups excluding tert-OH is 1. The number of nitro groups is 1. The molecule has 0 aliphatic rings. The maximum Gasteiger partial charge on any atom is 0.269 e. The monoisotopic (exact) mass is 369 g/mol. The first-order valence-corrected chi connectivity index (χ1v) is 9.45. The summed E-state index contributed by atoms with van der Waals surface area (Å²) in [5.41, 5.74) is 2.06. The second-order valence-corrected chi connectivity index (χ2v) is 6.44. The maximum absolute atomic E-state index is 10.7. The summed E-state index contributed by atoms with van der Waals surface area (Å²) in [6, 6.07) is 14.4. The second-order valence-electron chi connectivity index (χ2n) is 6.44. The standard InChI is InChI=1S/C22H27NO4/c24-17-5-3-1-2-4-6-18-27-22-15-11-20(12-16-22)8-7-19-9-13-21(14-10-19)23(25)26/h7-16,24H,1-6,17-18H2. The average Bonchev–Trinajstić information content (AvgIpc) is 2.69. The average molecular weight is 369 g/mol. The summed E-state index contributed by atoms with van der Waals surface area (Å²) in [5, 5.41) is 19.4. The van der Waals surface area contributed by atoms with Gasteiger partial charge in [-0.25, -0.2) is 0 Å². The molecule has 144 valence electrons. The number of benzene rings is 2. The summed E-state index contributed by atoms with van der Waals surface area (Å²) < 4.78 is 5.76. The number of hydrogen-bond donors (Lipinski definition) is 1. The Morgan fingerprint density at radius 3 is 1.89 bits per heavy atom. The zero-order chi connectivity index (χ0) is 19.3. The Morgan fingerprint density at radius 1 is 0.815 bits per heavy atom. The van der Waals surface area contributed by atoms with Gasteiger partial charge in [0.1, 0.15) is 5.75 Å². The van der Waals surface area contributed by atoms with E-state index in [1.54, 1.807) is 12.1 Å². The lowest BCUT2D eigenvalue weighted by Gasteiger charge is -2.06. The summed E-state index contributed by atoms with van der Waals surface area (Å²) in [6.07, 6.45) is 10.5. The highest BCUT2D eigenvalue weighted by Crippen LogP contribution is 2.17. The van der Waals surface area contributed by atoms with Gasteiger partial charge in [-0.15, -0.1) is 0 Å². The number of nitrogens with zero attached hydrogens (tertiary/aromatic N) is 1. The summed E-state index contributed by atoms with van der Waals surface area (Å²) in [7, 11) is 0. The van der Waals surface area contributed by atoms with E-state index in [9.17, 15) is 10.1 Å². The molecule has 2 rings (SSSR count). The van der Waals surface area contributed by atoms with E-state index in [1.807, 2.05) is 36.4 Å². The molecule has 0 aromatic heterocycles. The molecule has 2 aromatic rings. The van der Waals surface area contributed by atoms with Crippen LogP contribution < -0.4 is 4.74 Å². The molecular formula is C22H27NO4. The Bertz CT molecular complexity index is 708. The quantitative estimate of drug-likeness (QED) is 0.233. The molecule has 0 fully saturated rings. The van der Waals surface area contributed by atoms with E-state index >= 15 is 0 Å². The van der Waals surface area contributed by atoms with Crippen molar-refractivity contribution in [2.75, 3.05) is 13.2 Å². The van der Waals surface area contributed by atoms with Gasteiger partial charge < -0.3 is 9.84 Å². The van der Waals surface area contributed by atoms with Gasteiger partial charge in [0.25, 0.3) is 5.69 Å². The fraction of sp³-hybridized carbons (Fsp3) is 0.364. The molecule has 0 amide bonds. The van der Waals surface area contributed by atoms with Gasteiger partial charge in [0, 0.05) is 18.7 Å². The molecule has 1 N–H and O–H groups in total. The molecule has 2 aromatic carbocycles. The normalized spacial score (nSPS) is 11.0. The maximum atomic E-state index is 10.7. The minimum absolute atomic E-state index is 0.0961. The predicted molar refractivity (Wildman–Crippen MR) is 109 cm³/mol. The van der Waals surface area contributed by atoms with Gasteiger partial charge in [0.05, 0.1) is 11.5 Å². The minimum Gasteiger partial charge on any atom is -0.494 e. The van der Waals surface area contributed by atoms with Gasteiger partial charge in [-0.05, 0) is 48.2 Å². The van der Waals surface area contributed by atoms with E-state index < -0.39 is 4.92 Å². The van der Waals surface area contributed by atoms with E-state index in [-0.39, 0.29) is 5.69 Å². The van der Waals surface area contributed by atoms with Crippen LogP contribution in [0.3, 0.4) is 0 Å². The summed E-state index contributed by atoms with van der Waals surface area (Å²) in [4.78, 5) is 10.3. The zero-order valence-electron chi connectivity index (χ0n) is 15.5. The van der Waals surface area contributed by atoms with Crippen molar-refractivity contribution in [2.24, 2.45) is 0 Å². The van der Waals surface area contributed by atoms with Crippen molar-refractivity contribution >= 4 is 17.8 Å². The first kappa shape index (κ1) is 20.6. The van der Waals surface area contributed by atoms with Crippen LogP contribution in [-0.2, 0) is 0 Å². The van der Waals surface area contributed by atoms with E-state index in [4.69, 9.17) is 9.84 Å². The fourth-order valence-electron chi connectivity index (χ4n) is 2.69. The largest absolute Gasteiger partial charge is 0.494 e. The van der Waals surface area contributed by atoms with Crippen LogP contribution in [0.4, 0.5) is 5.69 Å². The molecule has 0 spiro atoms. The Morgan fingerprint density at radius 2 is 1.33 bits per heavy atom. The van der Waals surface area contributed by atoms with E-state index in [2.05, 4.69) is 0 Å². The van der Waals surface area contributed by atoms with Crippen LogP contribution in [0.1, 0.15) is 49.7 Å². The minimum atomic E-state index is -0.399. The topological polar surface area (TPSA) is 72.6 Å². The van der Waals surface area contributed by atoms with Gasteiger partial charge in [-0.1, -0.05) is 50.0 Å². The fourth-order valence-corrected chi connectivity index (χ4v) is 2.69. The summed E-state index contributed by atoms with van der Waals surface area (Å²) in [5.74, 6) is 0.864. The summed E-state index contributed by atoms with van der Waals surface area (Å²) in [6.45, 7) is 1.01. The molecule has 5 nitrogen and oxygen atoms in total. The number of hydrogen-bond acceptors (Lipinski definition) is 4. The highest BCUT2D eigenvalue weighted by molar-refractivity contribution is 5.70. The van der Waals surface area contributed by atoms with Crippen molar-refractivity contribution in [2.45, 2.75) is 38.5 Å². The molecule has 0 aliphatic heterocycles. The third-order valence-electron chi connectivity index (χ3n) is 4.27. The number of aliphatic hydroxyl groups is 1. The molecule has 0 heterocycles. The van der Waals surface area contributed by atoms with Crippen LogP contribution in [0.25, 0.3) is 12.2 Å². The van der Waals surface area contributed by atoms with Crippen molar-refractivity contribution in [3.63, 3.8) is 0 Å². The van der Waals surface area contributed by atoms with E-state index in [0.717, 1.165) is 49.2 Å². The lowest BCUT2D eigenvalue weighted by atomic mass is 10.1. The van der Waals surface area contributed by atoms with Crippen LogP contribution in [0, 0.1) is 10.1 Å². The molecular weight excluding hydrogens is 342 g/mol. The van der Waals surface area contributed by atoms with Crippen LogP contribution in [0.15, 0.2) is 48.5 Å². The molecule has 0 saturated carbocycles. The molecule has 0 saturated heterocycles. The third kappa shape index (κ3) is 8.05. The molecule has 0 radical (unpaired) electrons. The second kappa shape index (κ2) is 11.9. The highest BCUT2D eigenvalue weighted by Gasteiger charge is 2.02. The lowest BCUT2D eigenvalue weighted by Crippen LogP contribution is -1.97. The molecule has 0 bridgehead atoms. The van der Waals surface area contributed by atoms with E-state index in [1.165, 1.54) is 25.0 Å². The SMILES string of the molecule is O=[N+]([O-])c1ccc(C=Cc2ccc(OCCCCCCCCO)cc2)cc1. The van der Waals surface area contributed by atoms with Gasteiger partial charge in [0.2, 0.25) is 0 Å². The summed E-state index contributed by atoms with van der Waals surface area (Å²) >= 11 is 0. The lowest BCUT2D eigenvalue weighted by molar-refractivity contribution is -0.384. The first-order valence-electron chi connectivity index (χ1n) is 9.45.